The van der Waals surface area contributed by atoms with E-state index in [1.807, 2.05) is 44.6 Å². The molecule has 0 saturated heterocycles. The average molecular weight is 280 g/mol. The summed E-state index contributed by atoms with van der Waals surface area (Å²) in [6, 6.07) is 5.63. The molecule has 0 aliphatic carbocycles. The summed E-state index contributed by atoms with van der Waals surface area (Å²) in [4.78, 5) is 0. The quantitative estimate of drug-likeness (QED) is 0.916. The summed E-state index contributed by atoms with van der Waals surface area (Å²) in [6.07, 6.45) is 4.62. The Hall–Kier alpha value is -1.52. The second kappa shape index (κ2) is 6.08. The van der Waals surface area contributed by atoms with E-state index in [1.54, 1.807) is 4.68 Å². The van der Waals surface area contributed by atoms with Crippen molar-refractivity contribution in [1.82, 2.24) is 9.78 Å². The lowest BCUT2D eigenvalue weighted by atomic mass is 10.1. The number of aromatic nitrogens is 2. The van der Waals surface area contributed by atoms with Gasteiger partial charge in [0.05, 0.1) is 17.8 Å². The third-order valence-electron chi connectivity index (χ3n) is 2.89. The van der Waals surface area contributed by atoms with Crippen molar-refractivity contribution in [3.8, 4) is 5.75 Å². The van der Waals surface area contributed by atoms with Crippen LogP contribution in [0.4, 0.5) is 0 Å². The van der Waals surface area contributed by atoms with Crippen LogP contribution < -0.4 is 10.5 Å². The summed E-state index contributed by atoms with van der Waals surface area (Å²) in [5.74, 6) is 0.690. The van der Waals surface area contributed by atoms with Crippen LogP contribution >= 0.6 is 11.6 Å². The number of aryl methyl sites for hydroxylation is 1. The summed E-state index contributed by atoms with van der Waals surface area (Å²) >= 11 is 6.16. The second-order valence-electron chi connectivity index (χ2n) is 4.60. The van der Waals surface area contributed by atoms with Crippen LogP contribution in [0.25, 0.3) is 0 Å². The summed E-state index contributed by atoms with van der Waals surface area (Å²) in [7, 11) is 1.90. The molecule has 0 radical (unpaired) electrons. The van der Waals surface area contributed by atoms with Gasteiger partial charge in [0, 0.05) is 25.7 Å². The molecule has 0 fully saturated rings. The van der Waals surface area contributed by atoms with Crippen LogP contribution in [0.15, 0.2) is 30.6 Å². The molecule has 5 heteroatoms. The van der Waals surface area contributed by atoms with Crippen molar-refractivity contribution in [2.24, 2.45) is 12.8 Å². The Labute approximate surface area is 118 Å². The molecule has 0 saturated carbocycles. The molecule has 19 heavy (non-hydrogen) atoms. The first-order valence-electron chi connectivity index (χ1n) is 6.21. The number of rotatable bonds is 5. The minimum atomic E-state index is -0.0260. The van der Waals surface area contributed by atoms with Gasteiger partial charge in [0.2, 0.25) is 0 Å². The highest BCUT2D eigenvalue weighted by molar-refractivity contribution is 6.32. The van der Waals surface area contributed by atoms with E-state index in [0.29, 0.717) is 17.4 Å². The molecule has 2 N–H and O–H groups in total. The van der Waals surface area contributed by atoms with E-state index in [4.69, 9.17) is 22.1 Å². The number of hydrogen-bond acceptors (Lipinski definition) is 3. The Bertz CT molecular complexity index is 551. The van der Waals surface area contributed by atoms with Crippen molar-refractivity contribution >= 4 is 11.6 Å². The van der Waals surface area contributed by atoms with Crippen molar-refractivity contribution in [3.05, 3.63) is 46.7 Å². The Balaban J connectivity index is 1.92. The first-order chi connectivity index (χ1) is 9.06. The van der Waals surface area contributed by atoms with Crippen molar-refractivity contribution in [1.29, 1.82) is 0 Å². The lowest BCUT2D eigenvalue weighted by Crippen LogP contribution is -2.05. The summed E-state index contributed by atoms with van der Waals surface area (Å²) < 4.78 is 7.45. The molecule has 2 aromatic rings. The molecule has 102 valence electrons. The molecule has 0 spiro atoms. The highest BCUT2D eigenvalue weighted by Crippen LogP contribution is 2.27. The maximum atomic E-state index is 6.16. The summed E-state index contributed by atoms with van der Waals surface area (Å²) in [6.45, 7) is 2.50. The number of nitrogens with two attached hydrogens (primary N) is 1. The van der Waals surface area contributed by atoms with Crippen LogP contribution in [0.2, 0.25) is 5.02 Å². The van der Waals surface area contributed by atoms with Gasteiger partial charge in [-0.05, 0) is 30.2 Å². The molecule has 1 aromatic heterocycles. The monoisotopic (exact) mass is 279 g/mol. The van der Waals surface area contributed by atoms with Gasteiger partial charge in [0.1, 0.15) is 5.75 Å². The third-order valence-corrected chi connectivity index (χ3v) is 3.18. The molecular weight excluding hydrogens is 262 g/mol. The van der Waals surface area contributed by atoms with Gasteiger partial charge in [0.25, 0.3) is 0 Å². The first-order valence-corrected chi connectivity index (χ1v) is 6.59. The highest BCUT2D eigenvalue weighted by atomic mass is 35.5. The molecule has 0 aliphatic rings. The van der Waals surface area contributed by atoms with Crippen molar-refractivity contribution in [3.63, 3.8) is 0 Å². The van der Waals surface area contributed by atoms with Crippen LogP contribution in [0, 0.1) is 0 Å². The summed E-state index contributed by atoms with van der Waals surface area (Å²) in [5.41, 5.74) is 7.95. The highest BCUT2D eigenvalue weighted by Gasteiger charge is 2.06. The lowest BCUT2D eigenvalue weighted by Gasteiger charge is -2.10. The zero-order valence-corrected chi connectivity index (χ0v) is 11.9. The molecule has 4 nitrogen and oxygen atoms in total. The van der Waals surface area contributed by atoms with E-state index in [2.05, 4.69) is 5.10 Å². The van der Waals surface area contributed by atoms with E-state index >= 15 is 0 Å². The lowest BCUT2D eigenvalue weighted by molar-refractivity contribution is 0.322. The van der Waals surface area contributed by atoms with Crippen LogP contribution in [-0.4, -0.2) is 16.4 Å². The van der Waals surface area contributed by atoms with Crippen LogP contribution in [0.1, 0.15) is 24.1 Å². The third kappa shape index (κ3) is 3.72. The largest absolute Gasteiger partial charge is 0.492 e. The van der Waals surface area contributed by atoms with E-state index in [1.165, 1.54) is 0 Å². The van der Waals surface area contributed by atoms with Crippen LogP contribution in [0.3, 0.4) is 0 Å². The van der Waals surface area contributed by atoms with Crippen LogP contribution in [0.5, 0.6) is 5.75 Å². The molecule has 1 aromatic carbocycles. The van der Waals surface area contributed by atoms with E-state index in [-0.39, 0.29) is 6.04 Å². The van der Waals surface area contributed by atoms with Gasteiger partial charge < -0.3 is 10.5 Å². The maximum Gasteiger partial charge on any atom is 0.137 e. The topological polar surface area (TPSA) is 53.1 Å². The molecule has 1 unspecified atom stereocenters. The second-order valence-corrected chi connectivity index (χ2v) is 5.01. The zero-order valence-electron chi connectivity index (χ0n) is 11.1. The van der Waals surface area contributed by atoms with Gasteiger partial charge in [-0.2, -0.15) is 5.10 Å². The van der Waals surface area contributed by atoms with Crippen LogP contribution in [-0.2, 0) is 13.5 Å². The fraction of sp³-hybridized carbons (Fsp3) is 0.357. The maximum absolute atomic E-state index is 6.16. The molecule has 0 bridgehead atoms. The van der Waals surface area contributed by atoms with Crippen molar-refractivity contribution in [2.75, 3.05) is 6.61 Å². The summed E-state index contributed by atoms with van der Waals surface area (Å²) in [5, 5.41) is 4.71. The smallest absolute Gasteiger partial charge is 0.137 e. The number of benzene rings is 1. The number of nitrogens with zero attached hydrogens (tertiary/aromatic N) is 2. The predicted molar refractivity (Wildman–Crippen MR) is 76.5 cm³/mol. The van der Waals surface area contributed by atoms with Gasteiger partial charge in [-0.25, -0.2) is 0 Å². The standard InChI is InChI=1S/C14H18ClN3O/c1-10(16)12-3-4-14(13(15)7-12)19-6-5-11-8-17-18(2)9-11/h3-4,7-10H,5-6,16H2,1-2H3. The molecule has 2 rings (SSSR count). The number of halogens is 1. The van der Waals surface area contributed by atoms with E-state index < -0.39 is 0 Å². The minimum absolute atomic E-state index is 0.0260. The molecule has 0 aliphatic heterocycles. The van der Waals surface area contributed by atoms with Crippen molar-refractivity contribution in [2.45, 2.75) is 19.4 Å². The molecule has 1 atom stereocenters. The fourth-order valence-electron chi connectivity index (χ4n) is 1.80. The fourth-order valence-corrected chi connectivity index (χ4v) is 2.04. The van der Waals surface area contributed by atoms with E-state index in [0.717, 1.165) is 17.5 Å². The van der Waals surface area contributed by atoms with E-state index in [9.17, 15) is 0 Å². The number of ether oxygens (including phenoxy) is 1. The van der Waals surface area contributed by atoms with Gasteiger partial charge in [-0.1, -0.05) is 17.7 Å². The predicted octanol–water partition coefficient (Wildman–Crippen LogP) is 2.71. The normalized spacial score (nSPS) is 12.4. The Kier molecular flexibility index (Phi) is 4.45. The Morgan fingerprint density at radius 1 is 1.47 bits per heavy atom. The van der Waals surface area contributed by atoms with Gasteiger partial charge in [-0.3, -0.25) is 4.68 Å². The minimum Gasteiger partial charge on any atom is -0.492 e. The van der Waals surface area contributed by atoms with Crippen molar-refractivity contribution < 1.29 is 4.74 Å². The first kappa shape index (κ1) is 13.9. The average Bonchev–Trinajstić information content (AvgIpc) is 2.77. The van der Waals surface area contributed by atoms with Gasteiger partial charge >= 0.3 is 0 Å². The molecule has 0 amide bonds. The SMILES string of the molecule is CC(N)c1ccc(OCCc2cnn(C)c2)c(Cl)c1. The van der Waals surface area contributed by atoms with Gasteiger partial charge in [0.15, 0.2) is 0 Å². The Morgan fingerprint density at radius 3 is 2.84 bits per heavy atom. The Morgan fingerprint density at radius 2 is 2.26 bits per heavy atom. The molecule has 1 heterocycles. The zero-order chi connectivity index (χ0) is 13.8. The number of hydrogen-bond donors (Lipinski definition) is 1. The van der Waals surface area contributed by atoms with Gasteiger partial charge in [-0.15, -0.1) is 0 Å². The molecular formula is C14H18ClN3O.